The number of hydrogen-bond donors (Lipinski definition) is 0. The fourth-order valence-electron chi connectivity index (χ4n) is 1.90. The third-order valence-electron chi connectivity index (χ3n) is 2.68. The van der Waals surface area contributed by atoms with Crippen LogP contribution in [0.1, 0.15) is 12.8 Å². The van der Waals surface area contributed by atoms with Crippen LogP contribution < -0.4 is 4.90 Å². The zero-order valence-electron chi connectivity index (χ0n) is 8.73. The fraction of sp³-hybridized carbons (Fsp3) is 0.364. The van der Waals surface area contributed by atoms with Crippen molar-refractivity contribution in [2.75, 3.05) is 18.0 Å². The summed E-state index contributed by atoms with van der Waals surface area (Å²) in [7, 11) is 0. The van der Waals surface area contributed by atoms with Crippen LogP contribution in [-0.4, -0.2) is 18.0 Å². The highest BCUT2D eigenvalue weighted by Crippen LogP contribution is 2.30. The molecular formula is C11H12FN2O2. The molecule has 85 valence electrons. The minimum absolute atomic E-state index is 0.0247. The lowest BCUT2D eigenvalue weighted by molar-refractivity contribution is -0.384. The summed E-state index contributed by atoms with van der Waals surface area (Å²) in [6.07, 6.45) is 3.91. The standard InChI is InChI=1S/C11H12FN2O2/c12-9-4-5-10(14(15)16)11(8-9)13-6-2-1-3-7-13/h1,4-5,8H,2-3,6-7H2. The minimum atomic E-state index is -0.465. The van der Waals surface area contributed by atoms with Gasteiger partial charge in [-0.05, 0) is 25.3 Å². The van der Waals surface area contributed by atoms with Crippen LogP contribution in [0.2, 0.25) is 0 Å². The summed E-state index contributed by atoms with van der Waals surface area (Å²) in [6.45, 7) is 1.43. The number of nitro groups is 1. The van der Waals surface area contributed by atoms with Crippen LogP contribution in [0.3, 0.4) is 0 Å². The Morgan fingerprint density at radius 1 is 1.31 bits per heavy atom. The third kappa shape index (κ3) is 2.13. The molecule has 1 aromatic carbocycles. The zero-order valence-corrected chi connectivity index (χ0v) is 8.73. The van der Waals surface area contributed by atoms with E-state index in [0.29, 0.717) is 18.8 Å². The highest BCUT2D eigenvalue weighted by atomic mass is 19.1. The molecule has 0 bridgehead atoms. The van der Waals surface area contributed by atoms with Crippen molar-refractivity contribution in [3.63, 3.8) is 0 Å². The minimum Gasteiger partial charge on any atom is -0.366 e. The molecule has 1 aliphatic heterocycles. The second-order valence-electron chi connectivity index (χ2n) is 3.74. The van der Waals surface area contributed by atoms with Crippen LogP contribution in [0.25, 0.3) is 0 Å². The lowest BCUT2D eigenvalue weighted by atomic mass is 10.1. The van der Waals surface area contributed by atoms with Gasteiger partial charge in [0, 0.05) is 25.2 Å². The van der Waals surface area contributed by atoms with Crippen LogP contribution in [0.15, 0.2) is 18.2 Å². The molecule has 5 heteroatoms. The SMILES string of the molecule is O=[N+]([O-])c1ccc(F)cc1N1CC[CH]CC1. The number of rotatable bonds is 2. The van der Waals surface area contributed by atoms with Crippen LogP contribution in [0.4, 0.5) is 15.8 Å². The maximum absolute atomic E-state index is 13.1. The smallest absolute Gasteiger partial charge is 0.292 e. The molecule has 0 aliphatic carbocycles. The summed E-state index contributed by atoms with van der Waals surface area (Å²) >= 11 is 0. The van der Waals surface area contributed by atoms with E-state index in [9.17, 15) is 14.5 Å². The Labute approximate surface area is 92.8 Å². The van der Waals surface area contributed by atoms with Crippen molar-refractivity contribution >= 4 is 11.4 Å². The second-order valence-corrected chi connectivity index (χ2v) is 3.74. The predicted molar refractivity (Wildman–Crippen MR) is 58.8 cm³/mol. The first-order valence-corrected chi connectivity index (χ1v) is 5.19. The number of benzene rings is 1. The van der Waals surface area contributed by atoms with Gasteiger partial charge in [0.25, 0.3) is 5.69 Å². The topological polar surface area (TPSA) is 46.4 Å². The highest BCUT2D eigenvalue weighted by molar-refractivity contribution is 5.63. The van der Waals surface area contributed by atoms with E-state index in [1.165, 1.54) is 12.1 Å². The van der Waals surface area contributed by atoms with E-state index in [1.54, 1.807) is 0 Å². The van der Waals surface area contributed by atoms with E-state index in [4.69, 9.17) is 0 Å². The summed E-state index contributed by atoms with van der Waals surface area (Å²) in [6, 6.07) is 3.59. The normalized spacial score (nSPS) is 16.2. The van der Waals surface area contributed by atoms with Crippen molar-refractivity contribution in [2.24, 2.45) is 0 Å². The molecule has 1 saturated heterocycles. The molecule has 4 nitrogen and oxygen atoms in total. The van der Waals surface area contributed by atoms with Crippen molar-refractivity contribution < 1.29 is 9.31 Å². The molecule has 0 spiro atoms. The second kappa shape index (κ2) is 4.47. The van der Waals surface area contributed by atoms with E-state index in [1.807, 2.05) is 4.90 Å². The predicted octanol–water partition coefficient (Wildman–Crippen LogP) is 2.54. The number of halogens is 1. The summed E-state index contributed by atoms with van der Waals surface area (Å²) in [5.41, 5.74) is 0.362. The van der Waals surface area contributed by atoms with Gasteiger partial charge in [-0.1, -0.05) is 0 Å². The Kier molecular flexibility index (Phi) is 3.03. The molecule has 1 fully saturated rings. The number of anilines is 1. The summed E-state index contributed by atoms with van der Waals surface area (Å²) in [5.74, 6) is -0.435. The first-order chi connectivity index (χ1) is 7.68. The maximum Gasteiger partial charge on any atom is 0.292 e. The molecule has 16 heavy (non-hydrogen) atoms. The molecule has 0 amide bonds. The highest BCUT2D eigenvalue weighted by Gasteiger charge is 2.21. The molecule has 0 atom stereocenters. The number of nitro benzene ring substituents is 1. The van der Waals surface area contributed by atoms with Gasteiger partial charge in [-0.25, -0.2) is 4.39 Å². The van der Waals surface area contributed by atoms with Gasteiger partial charge in [0.05, 0.1) is 4.92 Å². The quantitative estimate of drug-likeness (QED) is 0.571. The first-order valence-electron chi connectivity index (χ1n) is 5.19. The Hall–Kier alpha value is -1.65. The summed E-state index contributed by atoms with van der Waals surface area (Å²) < 4.78 is 13.1. The summed E-state index contributed by atoms with van der Waals surface area (Å²) in [5, 5.41) is 10.8. The lowest BCUT2D eigenvalue weighted by Crippen LogP contribution is -2.30. The number of piperidine rings is 1. The van der Waals surface area contributed by atoms with Gasteiger partial charge in [0.1, 0.15) is 11.5 Å². The Balaban J connectivity index is 2.36. The Bertz CT molecular complexity index is 403. The fourth-order valence-corrected chi connectivity index (χ4v) is 1.90. The zero-order chi connectivity index (χ0) is 11.5. The van der Waals surface area contributed by atoms with Crippen LogP contribution in [0, 0.1) is 22.4 Å². The van der Waals surface area contributed by atoms with Crippen LogP contribution in [0.5, 0.6) is 0 Å². The van der Waals surface area contributed by atoms with Gasteiger partial charge in [0.2, 0.25) is 0 Å². The van der Waals surface area contributed by atoms with E-state index >= 15 is 0 Å². The molecule has 0 N–H and O–H groups in total. The molecule has 0 aromatic heterocycles. The molecule has 0 unspecified atom stereocenters. The van der Waals surface area contributed by atoms with E-state index in [2.05, 4.69) is 6.42 Å². The van der Waals surface area contributed by atoms with Crippen LogP contribution in [-0.2, 0) is 0 Å². The van der Waals surface area contributed by atoms with Crippen molar-refractivity contribution in [2.45, 2.75) is 12.8 Å². The average Bonchev–Trinajstić information content (AvgIpc) is 2.29. The number of nitrogens with zero attached hydrogens (tertiary/aromatic N) is 2. The van der Waals surface area contributed by atoms with Gasteiger partial charge >= 0.3 is 0 Å². The van der Waals surface area contributed by atoms with Gasteiger partial charge < -0.3 is 4.90 Å². The maximum atomic E-state index is 13.1. The first kappa shape index (κ1) is 10.9. The molecule has 2 rings (SSSR count). The van der Waals surface area contributed by atoms with E-state index in [0.717, 1.165) is 18.9 Å². The Morgan fingerprint density at radius 3 is 2.62 bits per heavy atom. The lowest BCUT2D eigenvalue weighted by Gasteiger charge is -2.28. The molecule has 1 heterocycles. The Morgan fingerprint density at radius 2 is 2.00 bits per heavy atom. The molecule has 0 saturated carbocycles. The summed E-state index contributed by atoms with van der Waals surface area (Å²) in [4.78, 5) is 12.2. The number of hydrogen-bond acceptors (Lipinski definition) is 3. The van der Waals surface area contributed by atoms with E-state index < -0.39 is 10.7 Å². The van der Waals surface area contributed by atoms with Crippen molar-refractivity contribution in [3.05, 3.63) is 40.6 Å². The van der Waals surface area contributed by atoms with Gasteiger partial charge in [-0.15, -0.1) is 0 Å². The van der Waals surface area contributed by atoms with Gasteiger partial charge in [-0.3, -0.25) is 10.1 Å². The molecular weight excluding hydrogens is 211 g/mol. The molecule has 1 aliphatic rings. The molecule has 1 aromatic rings. The van der Waals surface area contributed by atoms with Crippen molar-refractivity contribution in [3.8, 4) is 0 Å². The van der Waals surface area contributed by atoms with E-state index in [-0.39, 0.29) is 5.69 Å². The van der Waals surface area contributed by atoms with Gasteiger partial charge in [-0.2, -0.15) is 0 Å². The monoisotopic (exact) mass is 223 g/mol. The largest absolute Gasteiger partial charge is 0.366 e. The van der Waals surface area contributed by atoms with Crippen molar-refractivity contribution in [1.29, 1.82) is 0 Å². The third-order valence-corrected chi connectivity index (χ3v) is 2.68. The van der Waals surface area contributed by atoms with Gasteiger partial charge in [0.15, 0.2) is 0 Å². The average molecular weight is 223 g/mol. The van der Waals surface area contributed by atoms with Crippen LogP contribution >= 0.6 is 0 Å². The van der Waals surface area contributed by atoms with Crippen molar-refractivity contribution in [1.82, 2.24) is 0 Å². The molecule has 1 radical (unpaired) electrons.